The smallest absolute Gasteiger partial charge is 0.306 e. The van der Waals surface area contributed by atoms with Crippen molar-refractivity contribution >= 4 is 16.9 Å². The van der Waals surface area contributed by atoms with Crippen LogP contribution >= 0.6 is 0 Å². The fourth-order valence-corrected chi connectivity index (χ4v) is 4.10. The molecular formula is C20H25NO3. The number of aromatic amines is 1. The minimum atomic E-state index is -0.835. The molecule has 1 aromatic carbocycles. The quantitative estimate of drug-likeness (QED) is 0.755. The van der Waals surface area contributed by atoms with E-state index >= 15 is 0 Å². The summed E-state index contributed by atoms with van der Waals surface area (Å²) in [6.07, 6.45) is 4.18. The number of fused-ring (bicyclic) bond motifs is 3. The summed E-state index contributed by atoms with van der Waals surface area (Å²) in [6.45, 7) is 8.00. The summed E-state index contributed by atoms with van der Waals surface area (Å²) in [6, 6.07) is 8.18. The van der Waals surface area contributed by atoms with Crippen LogP contribution in [0.25, 0.3) is 10.9 Å². The van der Waals surface area contributed by atoms with Crippen LogP contribution < -0.4 is 0 Å². The Morgan fingerprint density at radius 3 is 2.79 bits per heavy atom. The predicted octanol–water partition coefficient (Wildman–Crippen LogP) is 4.72. The van der Waals surface area contributed by atoms with Crippen LogP contribution in [-0.4, -0.2) is 22.2 Å². The zero-order chi connectivity index (χ0) is 17.3. The molecule has 3 atom stereocenters. The molecule has 0 saturated heterocycles. The SMILES string of the molecule is C=CCC1c2c([nH]c3ccccc23)C(CC)(CC(=O)O)OC1CC. The normalized spacial score (nSPS) is 26.2. The molecule has 128 valence electrons. The Balaban J connectivity index is 2.28. The molecule has 0 saturated carbocycles. The molecule has 24 heavy (non-hydrogen) atoms. The van der Waals surface area contributed by atoms with E-state index in [4.69, 9.17) is 4.74 Å². The molecule has 2 heterocycles. The Morgan fingerprint density at radius 2 is 2.17 bits per heavy atom. The van der Waals surface area contributed by atoms with Crippen LogP contribution in [0.5, 0.6) is 0 Å². The second-order valence-corrected chi connectivity index (χ2v) is 6.57. The Bertz CT molecular complexity index is 763. The summed E-state index contributed by atoms with van der Waals surface area (Å²) in [7, 11) is 0. The summed E-state index contributed by atoms with van der Waals surface area (Å²) in [4.78, 5) is 15.0. The molecule has 3 unspecified atom stereocenters. The van der Waals surface area contributed by atoms with Crippen molar-refractivity contribution in [1.82, 2.24) is 4.98 Å². The third-order valence-corrected chi connectivity index (χ3v) is 5.23. The lowest BCUT2D eigenvalue weighted by Crippen LogP contribution is -2.43. The van der Waals surface area contributed by atoms with E-state index in [2.05, 4.69) is 24.6 Å². The van der Waals surface area contributed by atoms with Crippen molar-refractivity contribution in [3.63, 3.8) is 0 Å². The molecule has 1 aromatic heterocycles. The third kappa shape index (κ3) is 2.55. The van der Waals surface area contributed by atoms with Gasteiger partial charge in [0, 0.05) is 16.8 Å². The first-order valence-electron chi connectivity index (χ1n) is 8.67. The highest BCUT2D eigenvalue weighted by Gasteiger charge is 2.47. The van der Waals surface area contributed by atoms with Crippen LogP contribution in [0.1, 0.15) is 56.7 Å². The highest BCUT2D eigenvalue weighted by molar-refractivity contribution is 5.86. The molecule has 2 N–H and O–H groups in total. The molecule has 4 heteroatoms. The summed E-state index contributed by atoms with van der Waals surface area (Å²) in [5.74, 6) is -0.634. The number of carboxylic acid groups (broad SMARTS) is 1. The fourth-order valence-electron chi connectivity index (χ4n) is 4.10. The highest BCUT2D eigenvalue weighted by atomic mass is 16.5. The van der Waals surface area contributed by atoms with Crippen molar-refractivity contribution < 1.29 is 14.6 Å². The van der Waals surface area contributed by atoms with E-state index in [0.717, 1.165) is 24.1 Å². The lowest BCUT2D eigenvalue weighted by Gasteiger charge is -2.44. The summed E-state index contributed by atoms with van der Waals surface area (Å²) >= 11 is 0. The van der Waals surface area contributed by atoms with Crippen LogP contribution in [0.4, 0.5) is 0 Å². The van der Waals surface area contributed by atoms with Gasteiger partial charge in [0.2, 0.25) is 0 Å². The number of ether oxygens (including phenoxy) is 1. The number of carbonyl (C=O) groups is 1. The van der Waals surface area contributed by atoms with Gasteiger partial charge in [0.05, 0.1) is 18.2 Å². The number of aromatic nitrogens is 1. The summed E-state index contributed by atoms with van der Waals surface area (Å²) < 4.78 is 6.44. The number of nitrogens with one attached hydrogen (secondary N) is 1. The number of allylic oxidation sites excluding steroid dienone is 1. The first-order valence-corrected chi connectivity index (χ1v) is 8.67. The van der Waals surface area contributed by atoms with Crippen molar-refractivity contribution in [3.8, 4) is 0 Å². The molecule has 0 aliphatic carbocycles. The maximum Gasteiger partial charge on any atom is 0.306 e. The lowest BCUT2D eigenvalue weighted by atomic mass is 9.77. The van der Waals surface area contributed by atoms with E-state index in [0.29, 0.717) is 6.42 Å². The molecule has 1 aliphatic heterocycles. The fraction of sp³-hybridized carbons (Fsp3) is 0.450. The van der Waals surface area contributed by atoms with Gasteiger partial charge in [-0.15, -0.1) is 6.58 Å². The van der Waals surface area contributed by atoms with Gasteiger partial charge >= 0.3 is 5.97 Å². The van der Waals surface area contributed by atoms with Crippen molar-refractivity contribution in [2.24, 2.45) is 0 Å². The second-order valence-electron chi connectivity index (χ2n) is 6.57. The van der Waals surface area contributed by atoms with Crippen LogP contribution in [0.3, 0.4) is 0 Å². The van der Waals surface area contributed by atoms with Gasteiger partial charge in [-0.1, -0.05) is 38.1 Å². The van der Waals surface area contributed by atoms with Gasteiger partial charge in [0.15, 0.2) is 0 Å². The zero-order valence-corrected chi connectivity index (χ0v) is 14.3. The maximum atomic E-state index is 11.5. The Kier molecular flexibility index (Phi) is 4.50. The topological polar surface area (TPSA) is 62.3 Å². The van der Waals surface area contributed by atoms with E-state index in [1.54, 1.807) is 0 Å². The van der Waals surface area contributed by atoms with Crippen LogP contribution in [0.2, 0.25) is 0 Å². The van der Waals surface area contributed by atoms with E-state index in [1.807, 2.05) is 31.2 Å². The minimum Gasteiger partial charge on any atom is -0.481 e. The number of aliphatic carboxylic acids is 1. The number of carboxylic acids is 1. The minimum absolute atomic E-state index is 0.00555. The first-order chi connectivity index (χ1) is 11.6. The monoisotopic (exact) mass is 327 g/mol. The molecule has 2 aromatic rings. The van der Waals surface area contributed by atoms with Gasteiger partial charge in [-0.2, -0.15) is 0 Å². The standard InChI is InChI=1S/C20H25NO3/c1-4-9-14-16(5-2)24-20(6-3,12-17(22)23)19-18(14)13-10-7-8-11-15(13)21-19/h4,7-8,10-11,14,16,21H,1,5-6,9,12H2,2-3H3,(H,22,23). The molecule has 3 rings (SSSR count). The van der Waals surface area contributed by atoms with E-state index in [9.17, 15) is 9.90 Å². The summed E-state index contributed by atoms with van der Waals surface area (Å²) in [5, 5.41) is 10.7. The van der Waals surface area contributed by atoms with Gasteiger partial charge in [-0.3, -0.25) is 4.79 Å². The van der Waals surface area contributed by atoms with Gasteiger partial charge in [0.1, 0.15) is 5.60 Å². The van der Waals surface area contributed by atoms with Gasteiger partial charge in [-0.05, 0) is 30.9 Å². The summed E-state index contributed by atoms with van der Waals surface area (Å²) in [5.41, 5.74) is 2.40. The average molecular weight is 327 g/mol. The largest absolute Gasteiger partial charge is 0.481 e. The van der Waals surface area contributed by atoms with Gasteiger partial charge < -0.3 is 14.8 Å². The number of hydrogen-bond donors (Lipinski definition) is 2. The van der Waals surface area contributed by atoms with E-state index in [1.165, 1.54) is 10.9 Å². The molecule has 1 aliphatic rings. The Labute approximate surface area is 142 Å². The number of H-pyrrole nitrogens is 1. The average Bonchev–Trinajstić information content (AvgIpc) is 2.97. The molecule has 4 nitrogen and oxygen atoms in total. The predicted molar refractivity (Wildman–Crippen MR) is 95.2 cm³/mol. The molecule has 0 spiro atoms. The zero-order valence-electron chi connectivity index (χ0n) is 14.3. The van der Waals surface area contributed by atoms with Crippen molar-refractivity contribution in [1.29, 1.82) is 0 Å². The lowest BCUT2D eigenvalue weighted by molar-refractivity contribution is -0.161. The third-order valence-electron chi connectivity index (χ3n) is 5.23. The Morgan fingerprint density at radius 1 is 1.42 bits per heavy atom. The van der Waals surface area contributed by atoms with Crippen molar-refractivity contribution in [3.05, 3.63) is 48.2 Å². The molecular weight excluding hydrogens is 302 g/mol. The van der Waals surface area contributed by atoms with Gasteiger partial charge in [0.25, 0.3) is 0 Å². The number of hydrogen-bond acceptors (Lipinski definition) is 2. The van der Waals surface area contributed by atoms with E-state index in [-0.39, 0.29) is 18.4 Å². The molecule has 0 bridgehead atoms. The number of rotatable bonds is 6. The number of benzene rings is 1. The maximum absolute atomic E-state index is 11.5. The Hall–Kier alpha value is -2.07. The van der Waals surface area contributed by atoms with Gasteiger partial charge in [-0.25, -0.2) is 0 Å². The molecule has 0 fully saturated rings. The first kappa shape index (κ1) is 16.8. The van der Waals surface area contributed by atoms with Crippen LogP contribution in [0, 0.1) is 0 Å². The second kappa shape index (κ2) is 6.44. The molecule has 0 radical (unpaired) electrons. The highest BCUT2D eigenvalue weighted by Crippen LogP contribution is 2.49. The van der Waals surface area contributed by atoms with E-state index < -0.39 is 11.6 Å². The van der Waals surface area contributed by atoms with Crippen molar-refractivity contribution in [2.45, 2.75) is 57.2 Å². The van der Waals surface area contributed by atoms with Crippen LogP contribution in [-0.2, 0) is 15.1 Å². The van der Waals surface area contributed by atoms with Crippen LogP contribution in [0.15, 0.2) is 36.9 Å². The molecule has 0 amide bonds. The van der Waals surface area contributed by atoms with Crippen molar-refractivity contribution in [2.75, 3.05) is 0 Å². The number of para-hydroxylation sites is 1.